The van der Waals surface area contributed by atoms with E-state index in [2.05, 4.69) is 20.0 Å². The molecule has 0 N–H and O–H groups in total. The predicted octanol–water partition coefficient (Wildman–Crippen LogP) is 2.99. The first-order valence-corrected chi connectivity index (χ1v) is 10.2. The zero-order chi connectivity index (χ0) is 21.1. The van der Waals surface area contributed by atoms with Gasteiger partial charge in [-0.05, 0) is 42.7 Å². The van der Waals surface area contributed by atoms with Gasteiger partial charge < -0.3 is 14.7 Å². The van der Waals surface area contributed by atoms with Crippen LogP contribution in [0.1, 0.15) is 24.0 Å². The first-order chi connectivity index (χ1) is 14.4. The maximum Gasteiger partial charge on any atom is 0.416 e. The number of carbonyl (C=O) groups excluding carboxylic acids is 1. The largest absolute Gasteiger partial charge is 0.416 e. The van der Waals surface area contributed by atoms with Crippen molar-refractivity contribution in [3.05, 3.63) is 47.5 Å². The Morgan fingerprint density at radius 3 is 1.83 bits per heavy atom. The molecule has 2 saturated heterocycles. The number of piperazine rings is 1. The normalized spacial score (nSPS) is 17.5. The molecule has 3 heterocycles. The van der Waals surface area contributed by atoms with Crippen molar-refractivity contribution in [1.82, 2.24) is 15.1 Å². The Hall–Kier alpha value is -2.84. The minimum atomic E-state index is -4.37. The van der Waals surface area contributed by atoms with Gasteiger partial charge in [0.15, 0.2) is 11.6 Å². The topological polar surface area (TPSA) is 52.6 Å². The lowest BCUT2D eigenvalue weighted by atomic mass is 10.1. The van der Waals surface area contributed by atoms with Gasteiger partial charge in [-0.3, -0.25) is 4.79 Å². The average Bonchev–Trinajstić information content (AvgIpc) is 3.29. The molecule has 1 aromatic heterocycles. The summed E-state index contributed by atoms with van der Waals surface area (Å²) in [5.41, 5.74) is -0.122. The van der Waals surface area contributed by atoms with Crippen molar-refractivity contribution >= 4 is 17.5 Å². The SMILES string of the molecule is O=C(Cc1ccc(C(F)(F)F)cc1)N1CCN(c2ccc(N3CCCC3)nn2)CC1. The van der Waals surface area contributed by atoms with Gasteiger partial charge in [0.2, 0.25) is 5.91 Å². The summed E-state index contributed by atoms with van der Waals surface area (Å²) in [7, 11) is 0. The van der Waals surface area contributed by atoms with Crippen LogP contribution in [-0.4, -0.2) is 60.3 Å². The first kappa shape index (κ1) is 20.4. The molecule has 0 bridgehead atoms. The van der Waals surface area contributed by atoms with Crippen molar-refractivity contribution in [2.24, 2.45) is 0 Å². The lowest BCUT2D eigenvalue weighted by molar-refractivity contribution is -0.137. The van der Waals surface area contributed by atoms with Crippen molar-refractivity contribution < 1.29 is 18.0 Å². The second-order valence-electron chi connectivity index (χ2n) is 7.68. The molecule has 0 unspecified atom stereocenters. The van der Waals surface area contributed by atoms with E-state index in [-0.39, 0.29) is 12.3 Å². The van der Waals surface area contributed by atoms with Gasteiger partial charge in [-0.1, -0.05) is 12.1 Å². The van der Waals surface area contributed by atoms with Crippen LogP contribution in [0.4, 0.5) is 24.8 Å². The summed E-state index contributed by atoms with van der Waals surface area (Å²) in [6, 6.07) is 8.75. The van der Waals surface area contributed by atoms with E-state index in [1.807, 2.05) is 12.1 Å². The summed E-state index contributed by atoms with van der Waals surface area (Å²) < 4.78 is 38.0. The monoisotopic (exact) mass is 419 g/mol. The molecule has 2 aliphatic heterocycles. The van der Waals surface area contributed by atoms with E-state index in [1.165, 1.54) is 25.0 Å². The molecule has 6 nitrogen and oxygen atoms in total. The fourth-order valence-corrected chi connectivity index (χ4v) is 3.88. The highest BCUT2D eigenvalue weighted by Gasteiger charge is 2.30. The number of anilines is 2. The Bertz CT molecular complexity index is 856. The predicted molar refractivity (Wildman–Crippen MR) is 107 cm³/mol. The molecule has 30 heavy (non-hydrogen) atoms. The van der Waals surface area contributed by atoms with Crippen molar-refractivity contribution in [3.63, 3.8) is 0 Å². The first-order valence-electron chi connectivity index (χ1n) is 10.2. The van der Waals surface area contributed by atoms with Crippen molar-refractivity contribution in [3.8, 4) is 0 Å². The van der Waals surface area contributed by atoms with E-state index < -0.39 is 11.7 Å². The second-order valence-corrected chi connectivity index (χ2v) is 7.68. The molecule has 0 radical (unpaired) electrons. The third-order valence-corrected chi connectivity index (χ3v) is 5.66. The Morgan fingerprint density at radius 1 is 0.800 bits per heavy atom. The van der Waals surface area contributed by atoms with Crippen LogP contribution in [0.2, 0.25) is 0 Å². The van der Waals surface area contributed by atoms with Crippen molar-refractivity contribution in [1.29, 1.82) is 0 Å². The molecule has 0 saturated carbocycles. The number of amides is 1. The molecule has 0 spiro atoms. The standard InChI is InChI=1S/C21H24F3N5O/c22-21(23,24)17-5-3-16(4-6-17)15-20(30)29-13-11-28(12-14-29)19-8-7-18(25-26-19)27-9-1-2-10-27/h3-8H,1-2,9-15H2. The smallest absolute Gasteiger partial charge is 0.355 e. The molecular formula is C21H24F3N5O. The van der Waals surface area contributed by atoms with Gasteiger partial charge in [-0.25, -0.2) is 0 Å². The van der Waals surface area contributed by atoms with Crippen LogP contribution in [0.25, 0.3) is 0 Å². The molecule has 160 valence electrons. The Balaban J connectivity index is 1.29. The number of aromatic nitrogens is 2. The molecule has 4 rings (SSSR count). The Labute approximate surface area is 173 Å². The summed E-state index contributed by atoms with van der Waals surface area (Å²) >= 11 is 0. The zero-order valence-corrected chi connectivity index (χ0v) is 16.6. The zero-order valence-electron chi connectivity index (χ0n) is 16.6. The van der Waals surface area contributed by atoms with Crippen LogP contribution >= 0.6 is 0 Å². The van der Waals surface area contributed by atoms with Crippen LogP contribution in [0, 0.1) is 0 Å². The average molecular weight is 419 g/mol. The minimum absolute atomic E-state index is 0.0788. The third kappa shape index (κ3) is 4.66. The van der Waals surface area contributed by atoms with E-state index in [9.17, 15) is 18.0 Å². The summed E-state index contributed by atoms with van der Waals surface area (Å²) in [5, 5.41) is 8.70. The van der Waals surface area contributed by atoms with Gasteiger partial charge in [-0.2, -0.15) is 13.2 Å². The number of hydrogen-bond acceptors (Lipinski definition) is 5. The van der Waals surface area contributed by atoms with Gasteiger partial charge in [0.1, 0.15) is 0 Å². The molecule has 0 atom stereocenters. The van der Waals surface area contributed by atoms with Crippen molar-refractivity contribution in [2.45, 2.75) is 25.4 Å². The summed E-state index contributed by atoms with van der Waals surface area (Å²) in [6.07, 6.45) is -1.89. The van der Waals surface area contributed by atoms with Crippen LogP contribution in [0.5, 0.6) is 0 Å². The van der Waals surface area contributed by atoms with Crippen LogP contribution in [0.15, 0.2) is 36.4 Å². The lowest BCUT2D eigenvalue weighted by Crippen LogP contribution is -2.49. The second kappa shape index (κ2) is 8.49. The van der Waals surface area contributed by atoms with Gasteiger partial charge in [0, 0.05) is 39.3 Å². The van der Waals surface area contributed by atoms with Gasteiger partial charge in [-0.15, -0.1) is 10.2 Å². The summed E-state index contributed by atoms with van der Waals surface area (Å²) in [5.74, 6) is 1.62. The summed E-state index contributed by atoms with van der Waals surface area (Å²) in [4.78, 5) is 18.6. The van der Waals surface area contributed by atoms with Crippen LogP contribution in [0.3, 0.4) is 0 Å². The maximum atomic E-state index is 12.7. The van der Waals surface area contributed by atoms with E-state index >= 15 is 0 Å². The number of alkyl halides is 3. The number of rotatable bonds is 4. The molecule has 2 aliphatic rings. The number of benzene rings is 1. The lowest BCUT2D eigenvalue weighted by Gasteiger charge is -2.35. The summed E-state index contributed by atoms with van der Waals surface area (Å²) in [6.45, 7) is 4.44. The number of halogens is 3. The van der Waals surface area contributed by atoms with Crippen molar-refractivity contribution in [2.75, 3.05) is 49.1 Å². The molecule has 0 aliphatic carbocycles. The molecule has 1 aromatic carbocycles. The van der Waals surface area contributed by atoms with Crippen LogP contribution < -0.4 is 9.80 Å². The molecule has 9 heteroatoms. The molecular weight excluding hydrogens is 395 g/mol. The molecule has 2 fully saturated rings. The highest BCUT2D eigenvalue weighted by molar-refractivity contribution is 5.79. The quantitative estimate of drug-likeness (QED) is 0.763. The molecule has 1 amide bonds. The van der Waals surface area contributed by atoms with Crippen LogP contribution in [-0.2, 0) is 17.4 Å². The van der Waals surface area contributed by atoms with Gasteiger partial charge in [0.25, 0.3) is 0 Å². The van der Waals surface area contributed by atoms with Gasteiger partial charge >= 0.3 is 6.18 Å². The number of carbonyl (C=O) groups is 1. The Morgan fingerprint density at radius 2 is 1.33 bits per heavy atom. The fourth-order valence-electron chi connectivity index (χ4n) is 3.88. The van der Waals surface area contributed by atoms with E-state index in [4.69, 9.17) is 0 Å². The Kier molecular flexibility index (Phi) is 5.78. The molecule has 2 aromatic rings. The van der Waals surface area contributed by atoms with E-state index in [1.54, 1.807) is 4.90 Å². The highest BCUT2D eigenvalue weighted by atomic mass is 19.4. The maximum absolute atomic E-state index is 12.7. The minimum Gasteiger partial charge on any atom is -0.355 e. The fraction of sp³-hybridized carbons (Fsp3) is 0.476. The highest BCUT2D eigenvalue weighted by Crippen LogP contribution is 2.29. The third-order valence-electron chi connectivity index (χ3n) is 5.66. The number of nitrogens with zero attached hydrogens (tertiary/aromatic N) is 5. The van der Waals surface area contributed by atoms with E-state index in [0.717, 1.165) is 36.9 Å². The van der Waals surface area contributed by atoms with Gasteiger partial charge in [0.05, 0.1) is 12.0 Å². The van der Waals surface area contributed by atoms with E-state index in [0.29, 0.717) is 31.7 Å². The number of hydrogen-bond donors (Lipinski definition) is 0.